The van der Waals surface area contributed by atoms with E-state index in [1.807, 2.05) is 6.92 Å². The van der Waals surface area contributed by atoms with Crippen LogP contribution >= 0.6 is 0 Å². The average Bonchev–Trinajstić information content (AvgIpc) is 2.99. The van der Waals surface area contributed by atoms with E-state index in [0.29, 0.717) is 37.3 Å². The Hall–Kier alpha value is -1.86. The first-order valence-electron chi connectivity index (χ1n) is 6.64. The molecule has 2 aromatic heterocycles. The van der Waals surface area contributed by atoms with Gasteiger partial charge in [0.15, 0.2) is 0 Å². The number of aryl methyl sites for hydroxylation is 1. The lowest BCUT2D eigenvalue weighted by molar-refractivity contribution is 0.0409. The van der Waals surface area contributed by atoms with Crippen molar-refractivity contribution in [2.45, 2.75) is 25.2 Å². The van der Waals surface area contributed by atoms with E-state index in [1.54, 1.807) is 12.4 Å². The number of nitrogens with zero attached hydrogens (tertiary/aromatic N) is 4. The Morgan fingerprint density at radius 1 is 1.20 bits per heavy atom. The number of ether oxygens (including phenoxy) is 1. The molecule has 0 aliphatic carbocycles. The van der Waals surface area contributed by atoms with E-state index in [4.69, 9.17) is 15.0 Å². The van der Waals surface area contributed by atoms with Gasteiger partial charge in [0.25, 0.3) is 0 Å². The Morgan fingerprint density at radius 2 is 1.90 bits per heavy atom. The topological polar surface area (TPSA) is 100.0 Å². The SMILES string of the molecule is Cc1cnc(-c2noc(C3(CN)CCOCC3)n2)nc1. The monoisotopic (exact) mass is 275 g/mol. The highest BCUT2D eigenvalue weighted by molar-refractivity contribution is 5.41. The third-order valence-corrected chi connectivity index (χ3v) is 3.70. The number of hydrogen-bond acceptors (Lipinski definition) is 7. The Bertz CT molecular complexity index is 575. The summed E-state index contributed by atoms with van der Waals surface area (Å²) in [5, 5.41) is 3.98. The molecule has 1 aliphatic rings. The average molecular weight is 275 g/mol. The normalized spacial score (nSPS) is 18.1. The van der Waals surface area contributed by atoms with Crippen LogP contribution in [0, 0.1) is 6.92 Å². The molecule has 0 spiro atoms. The van der Waals surface area contributed by atoms with Crippen LogP contribution < -0.4 is 5.73 Å². The molecule has 0 bridgehead atoms. The zero-order valence-electron chi connectivity index (χ0n) is 11.4. The van der Waals surface area contributed by atoms with Crippen molar-refractivity contribution in [2.75, 3.05) is 19.8 Å². The van der Waals surface area contributed by atoms with Gasteiger partial charge in [-0.15, -0.1) is 0 Å². The second kappa shape index (κ2) is 5.26. The molecule has 3 heterocycles. The number of hydrogen-bond donors (Lipinski definition) is 1. The van der Waals surface area contributed by atoms with Gasteiger partial charge in [0.1, 0.15) is 0 Å². The molecule has 3 rings (SSSR count). The summed E-state index contributed by atoms with van der Waals surface area (Å²) in [6, 6.07) is 0. The molecule has 7 heteroatoms. The van der Waals surface area contributed by atoms with E-state index >= 15 is 0 Å². The predicted molar refractivity (Wildman–Crippen MR) is 70.8 cm³/mol. The molecular formula is C13H17N5O2. The maximum absolute atomic E-state index is 5.92. The Labute approximate surface area is 116 Å². The van der Waals surface area contributed by atoms with Crippen molar-refractivity contribution in [1.29, 1.82) is 0 Å². The zero-order valence-corrected chi connectivity index (χ0v) is 11.4. The van der Waals surface area contributed by atoms with Crippen LogP contribution in [0.15, 0.2) is 16.9 Å². The molecule has 0 aromatic carbocycles. The van der Waals surface area contributed by atoms with Crippen LogP contribution in [0.4, 0.5) is 0 Å². The molecule has 0 saturated carbocycles. The van der Waals surface area contributed by atoms with E-state index < -0.39 is 0 Å². The zero-order chi connectivity index (χ0) is 14.0. The van der Waals surface area contributed by atoms with Gasteiger partial charge < -0.3 is 15.0 Å². The largest absolute Gasteiger partial charge is 0.381 e. The highest BCUT2D eigenvalue weighted by Crippen LogP contribution is 2.33. The second-order valence-electron chi connectivity index (χ2n) is 5.10. The van der Waals surface area contributed by atoms with Crippen molar-refractivity contribution in [1.82, 2.24) is 20.1 Å². The summed E-state index contributed by atoms with van der Waals surface area (Å²) in [7, 11) is 0. The molecule has 7 nitrogen and oxygen atoms in total. The lowest BCUT2D eigenvalue weighted by atomic mass is 9.80. The summed E-state index contributed by atoms with van der Waals surface area (Å²) in [6.45, 7) is 3.72. The van der Waals surface area contributed by atoms with Crippen LogP contribution in [-0.2, 0) is 10.2 Å². The smallest absolute Gasteiger partial charge is 0.240 e. The quantitative estimate of drug-likeness (QED) is 0.885. The lowest BCUT2D eigenvalue weighted by Crippen LogP contribution is -2.40. The summed E-state index contributed by atoms with van der Waals surface area (Å²) in [6.07, 6.45) is 5.04. The van der Waals surface area contributed by atoms with Crippen LogP contribution in [0.3, 0.4) is 0 Å². The standard InChI is InChI=1S/C13H17N5O2/c1-9-6-15-10(16-7-9)11-17-12(20-18-11)13(8-14)2-4-19-5-3-13/h6-7H,2-5,8,14H2,1H3. The van der Waals surface area contributed by atoms with Crippen molar-refractivity contribution in [3.63, 3.8) is 0 Å². The van der Waals surface area contributed by atoms with Crippen LogP contribution in [0.5, 0.6) is 0 Å². The number of aromatic nitrogens is 4. The molecule has 2 N–H and O–H groups in total. The fourth-order valence-corrected chi connectivity index (χ4v) is 2.31. The first kappa shape index (κ1) is 13.1. The fourth-order valence-electron chi connectivity index (χ4n) is 2.31. The molecule has 1 saturated heterocycles. The van der Waals surface area contributed by atoms with Gasteiger partial charge >= 0.3 is 0 Å². The first-order valence-corrected chi connectivity index (χ1v) is 6.64. The first-order chi connectivity index (χ1) is 9.73. The van der Waals surface area contributed by atoms with E-state index in [9.17, 15) is 0 Å². The van der Waals surface area contributed by atoms with E-state index in [0.717, 1.165) is 18.4 Å². The third kappa shape index (κ3) is 2.30. The van der Waals surface area contributed by atoms with Crippen LogP contribution in [-0.4, -0.2) is 39.9 Å². The maximum atomic E-state index is 5.92. The molecule has 0 unspecified atom stereocenters. The molecule has 2 aromatic rings. The minimum atomic E-state index is -0.284. The minimum absolute atomic E-state index is 0.284. The van der Waals surface area contributed by atoms with Crippen LogP contribution in [0.1, 0.15) is 24.3 Å². The molecular weight excluding hydrogens is 258 g/mol. The van der Waals surface area contributed by atoms with Crippen molar-refractivity contribution in [3.05, 3.63) is 23.8 Å². The molecule has 0 amide bonds. The molecule has 1 aliphatic heterocycles. The van der Waals surface area contributed by atoms with Gasteiger partial charge in [0.05, 0.1) is 5.41 Å². The summed E-state index contributed by atoms with van der Waals surface area (Å²) < 4.78 is 10.8. The van der Waals surface area contributed by atoms with Crippen LogP contribution in [0.2, 0.25) is 0 Å². The Balaban J connectivity index is 1.91. The highest BCUT2D eigenvalue weighted by Gasteiger charge is 2.38. The third-order valence-electron chi connectivity index (χ3n) is 3.70. The van der Waals surface area contributed by atoms with Crippen molar-refractivity contribution in [3.8, 4) is 11.6 Å². The Morgan fingerprint density at radius 3 is 2.55 bits per heavy atom. The highest BCUT2D eigenvalue weighted by atomic mass is 16.5. The van der Waals surface area contributed by atoms with E-state index in [-0.39, 0.29) is 5.41 Å². The van der Waals surface area contributed by atoms with Gasteiger partial charge in [-0.1, -0.05) is 5.16 Å². The summed E-state index contributed by atoms with van der Waals surface area (Å²) >= 11 is 0. The van der Waals surface area contributed by atoms with Gasteiger partial charge in [-0.05, 0) is 25.3 Å². The minimum Gasteiger partial charge on any atom is -0.381 e. The molecule has 106 valence electrons. The summed E-state index contributed by atoms with van der Waals surface area (Å²) in [4.78, 5) is 12.8. The van der Waals surface area contributed by atoms with Gasteiger partial charge in [0, 0.05) is 32.2 Å². The predicted octanol–water partition coefficient (Wildman–Crippen LogP) is 0.842. The van der Waals surface area contributed by atoms with Gasteiger partial charge in [-0.2, -0.15) is 4.98 Å². The maximum Gasteiger partial charge on any atom is 0.240 e. The van der Waals surface area contributed by atoms with E-state index in [2.05, 4.69) is 20.1 Å². The van der Waals surface area contributed by atoms with Crippen molar-refractivity contribution >= 4 is 0 Å². The van der Waals surface area contributed by atoms with Crippen LogP contribution in [0.25, 0.3) is 11.6 Å². The van der Waals surface area contributed by atoms with Crippen molar-refractivity contribution < 1.29 is 9.26 Å². The van der Waals surface area contributed by atoms with Crippen molar-refractivity contribution in [2.24, 2.45) is 5.73 Å². The number of nitrogens with two attached hydrogens (primary N) is 1. The fraction of sp³-hybridized carbons (Fsp3) is 0.538. The van der Waals surface area contributed by atoms with Gasteiger partial charge in [0.2, 0.25) is 17.5 Å². The van der Waals surface area contributed by atoms with E-state index in [1.165, 1.54) is 0 Å². The Kier molecular flexibility index (Phi) is 3.45. The summed E-state index contributed by atoms with van der Waals surface area (Å²) in [5.41, 5.74) is 6.63. The summed E-state index contributed by atoms with van der Waals surface area (Å²) in [5.74, 6) is 1.42. The van der Waals surface area contributed by atoms with Gasteiger partial charge in [-0.3, -0.25) is 0 Å². The molecule has 0 atom stereocenters. The number of rotatable bonds is 3. The lowest BCUT2D eigenvalue weighted by Gasteiger charge is -2.32. The molecule has 0 radical (unpaired) electrons. The molecule has 1 fully saturated rings. The van der Waals surface area contributed by atoms with Gasteiger partial charge in [-0.25, -0.2) is 9.97 Å². The second-order valence-corrected chi connectivity index (χ2v) is 5.10. The molecule has 20 heavy (non-hydrogen) atoms.